The van der Waals surface area contributed by atoms with E-state index in [1.165, 1.54) is 21.2 Å². The molecule has 0 bridgehead atoms. The van der Waals surface area contributed by atoms with Crippen LogP contribution in [-0.2, 0) is 0 Å². The third kappa shape index (κ3) is 2.28. The van der Waals surface area contributed by atoms with Gasteiger partial charge in [-0.15, -0.1) is 21.5 Å². The second kappa shape index (κ2) is 5.18. The third-order valence-corrected chi connectivity index (χ3v) is 4.40. The van der Waals surface area contributed by atoms with Crippen molar-refractivity contribution in [1.29, 1.82) is 0 Å². The molecule has 7 nitrogen and oxygen atoms in total. The molecule has 0 saturated carbocycles. The minimum absolute atomic E-state index is 0.0754. The molecule has 4 aromatic rings. The lowest BCUT2D eigenvalue weighted by Gasteiger charge is -2.04. The topological polar surface area (TPSA) is 102 Å². The fourth-order valence-corrected chi connectivity index (χ4v) is 3.02. The molecule has 114 valence electrons. The molecule has 4 rings (SSSR count). The minimum Gasteiger partial charge on any atom is -0.493 e. The van der Waals surface area contributed by atoms with E-state index in [-0.39, 0.29) is 5.88 Å². The number of aromatic nitrogens is 5. The van der Waals surface area contributed by atoms with Crippen molar-refractivity contribution in [2.75, 3.05) is 5.73 Å². The fourth-order valence-electron chi connectivity index (χ4n) is 2.22. The van der Waals surface area contributed by atoms with Gasteiger partial charge < -0.3 is 10.8 Å². The quantitative estimate of drug-likeness (QED) is 0.579. The number of hydrogen-bond donors (Lipinski definition) is 2. The van der Waals surface area contributed by atoms with Gasteiger partial charge in [0.2, 0.25) is 5.88 Å². The van der Waals surface area contributed by atoms with E-state index in [2.05, 4.69) is 20.3 Å². The highest BCUT2D eigenvalue weighted by atomic mass is 35.5. The Morgan fingerprint density at radius 2 is 1.96 bits per heavy atom. The highest BCUT2D eigenvalue weighted by molar-refractivity contribution is 7.13. The zero-order valence-corrected chi connectivity index (χ0v) is 13.1. The number of halogens is 1. The zero-order chi connectivity index (χ0) is 16.0. The largest absolute Gasteiger partial charge is 0.493 e. The SMILES string of the molecule is Nc1c(-c2nc(O)cs2)nnc2c(-c3ccc(Cl)cc3)cnn12. The van der Waals surface area contributed by atoms with Gasteiger partial charge in [0.1, 0.15) is 0 Å². The number of nitrogen functional groups attached to an aromatic ring is 1. The van der Waals surface area contributed by atoms with Crippen molar-refractivity contribution < 1.29 is 5.11 Å². The molecular weight excluding hydrogens is 336 g/mol. The van der Waals surface area contributed by atoms with Crippen LogP contribution in [0.15, 0.2) is 35.8 Å². The lowest BCUT2D eigenvalue weighted by atomic mass is 10.1. The van der Waals surface area contributed by atoms with Gasteiger partial charge in [-0.3, -0.25) is 0 Å². The Hall–Kier alpha value is -2.71. The number of aromatic hydroxyl groups is 1. The van der Waals surface area contributed by atoms with E-state index in [1.807, 2.05) is 12.1 Å². The first-order chi connectivity index (χ1) is 11.1. The first-order valence-corrected chi connectivity index (χ1v) is 7.80. The van der Waals surface area contributed by atoms with E-state index in [0.717, 1.165) is 11.1 Å². The number of hydrogen-bond acceptors (Lipinski definition) is 7. The van der Waals surface area contributed by atoms with Gasteiger partial charge in [-0.25, -0.2) is 0 Å². The molecule has 0 radical (unpaired) electrons. The summed E-state index contributed by atoms with van der Waals surface area (Å²) in [4.78, 5) is 3.96. The van der Waals surface area contributed by atoms with Gasteiger partial charge in [-0.2, -0.15) is 14.6 Å². The van der Waals surface area contributed by atoms with Crippen LogP contribution in [0.25, 0.3) is 27.5 Å². The molecule has 1 aromatic carbocycles. The zero-order valence-electron chi connectivity index (χ0n) is 11.5. The van der Waals surface area contributed by atoms with E-state index in [1.54, 1.807) is 18.3 Å². The summed E-state index contributed by atoms with van der Waals surface area (Å²) >= 11 is 7.14. The van der Waals surface area contributed by atoms with Gasteiger partial charge in [0.15, 0.2) is 22.2 Å². The second-order valence-corrected chi connectivity index (χ2v) is 6.04. The molecule has 0 fully saturated rings. The maximum absolute atomic E-state index is 9.37. The number of thiazole rings is 1. The number of rotatable bonds is 2. The highest BCUT2D eigenvalue weighted by Crippen LogP contribution is 2.31. The summed E-state index contributed by atoms with van der Waals surface area (Å²) in [6.07, 6.45) is 1.67. The number of nitrogens with two attached hydrogens (primary N) is 1. The van der Waals surface area contributed by atoms with Gasteiger partial charge in [0.25, 0.3) is 0 Å². The smallest absolute Gasteiger partial charge is 0.222 e. The second-order valence-electron chi connectivity index (χ2n) is 4.75. The van der Waals surface area contributed by atoms with Crippen LogP contribution in [0.3, 0.4) is 0 Å². The van der Waals surface area contributed by atoms with E-state index < -0.39 is 0 Å². The molecule has 0 aliphatic rings. The Morgan fingerprint density at radius 3 is 2.65 bits per heavy atom. The Balaban J connectivity index is 1.88. The van der Waals surface area contributed by atoms with Crippen LogP contribution in [0.5, 0.6) is 5.88 Å². The van der Waals surface area contributed by atoms with E-state index in [4.69, 9.17) is 17.3 Å². The number of benzene rings is 1. The predicted molar refractivity (Wildman–Crippen MR) is 88.4 cm³/mol. The van der Waals surface area contributed by atoms with Crippen LogP contribution >= 0.6 is 22.9 Å². The molecule has 0 saturated heterocycles. The average molecular weight is 345 g/mol. The maximum Gasteiger partial charge on any atom is 0.222 e. The molecular formula is C14H9ClN6OS. The molecule has 23 heavy (non-hydrogen) atoms. The van der Waals surface area contributed by atoms with Gasteiger partial charge >= 0.3 is 0 Å². The normalized spacial score (nSPS) is 11.2. The van der Waals surface area contributed by atoms with Crippen molar-refractivity contribution in [2.24, 2.45) is 0 Å². The Labute approximate surface area is 139 Å². The molecule has 0 spiro atoms. The first kappa shape index (κ1) is 13.9. The van der Waals surface area contributed by atoms with Gasteiger partial charge in [0, 0.05) is 10.6 Å². The summed E-state index contributed by atoms with van der Waals surface area (Å²) in [5.41, 5.74) is 8.77. The molecule has 0 aliphatic carbocycles. The summed E-state index contributed by atoms with van der Waals surface area (Å²) < 4.78 is 1.50. The Bertz CT molecular complexity index is 1010. The van der Waals surface area contributed by atoms with Crippen LogP contribution in [0.1, 0.15) is 0 Å². The van der Waals surface area contributed by atoms with Crippen molar-refractivity contribution in [3.63, 3.8) is 0 Å². The van der Waals surface area contributed by atoms with Gasteiger partial charge in [0.05, 0.1) is 11.6 Å². The molecule has 3 aromatic heterocycles. The summed E-state index contributed by atoms with van der Waals surface area (Å²) in [5, 5.41) is 24.6. The molecule has 3 heterocycles. The lowest BCUT2D eigenvalue weighted by Crippen LogP contribution is -2.05. The van der Waals surface area contributed by atoms with E-state index in [9.17, 15) is 5.11 Å². The van der Waals surface area contributed by atoms with Crippen molar-refractivity contribution in [1.82, 2.24) is 24.8 Å². The standard InChI is InChI=1S/C14H9ClN6OS/c15-8-3-1-7(2-4-8)9-5-17-21-12(16)11(19-20-13(9)21)14-18-10(22)6-23-14/h1-6,22H,16H2. The maximum atomic E-state index is 9.37. The number of anilines is 1. The van der Waals surface area contributed by atoms with Gasteiger partial charge in [-0.1, -0.05) is 23.7 Å². The van der Waals surface area contributed by atoms with E-state index in [0.29, 0.717) is 27.2 Å². The van der Waals surface area contributed by atoms with Crippen molar-refractivity contribution >= 4 is 34.4 Å². The van der Waals surface area contributed by atoms with Crippen LogP contribution < -0.4 is 5.73 Å². The lowest BCUT2D eigenvalue weighted by molar-refractivity contribution is 0.458. The van der Waals surface area contributed by atoms with Crippen LogP contribution in [0.2, 0.25) is 5.02 Å². The summed E-state index contributed by atoms with van der Waals surface area (Å²) in [6, 6.07) is 7.35. The molecule has 0 amide bonds. The molecule has 9 heteroatoms. The first-order valence-electron chi connectivity index (χ1n) is 6.54. The summed E-state index contributed by atoms with van der Waals surface area (Å²) in [7, 11) is 0. The highest BCUT2D eigenvalue weighted by Gasteiger charge is 2.17. The minimum atomic E-state index is -0.0754. The summed E-state index contributed by atoms with van der Waals surface area (Å²) in [5.74, 6) is 0.234. The Morgan fingerprint density at radius 1 is 1.17 bits per heavy atom. The third-order valence-electron chi connectivity index (χ3n) is 3.31. The van der Waals surface area contributed by atoms with Crippen molar-refractivity contribution in [3.05, 3.63) is 40.9 Å². The molecule has 0 atom stereocenters. The Kier molecular flexibility index (Phi) is 3.14. The van der Waals surface area contributed by atoms with Crippen molar-refractivity contribution in [2.45, 2.75) is 0 Å². The average Bonchev–Trinajstić information content (AvgIpc) is 3.15. The predicted octanol–water partition coefficient (Wildman–Crippen LogP) is 2.86. The summed E-state index contributed by atoms with van der Waals surface area (Å²) in [6.45, 7) is 0. The fraction of sp³-hybridized carbons (Fsp3) is 0. The number of fused-ring (bicyclic) bond motifs is 1. The van der Waals surface area contributed by atoms with Gasteiger partial charge in [-0.05, 0) is 17.7 Å². The van der Waals surface area contributed by atoms with E-state index >= 15 is 0 Å². The molecule has 0 unspecified atom stereocenters. The van der Waals surface area contributed by atoms with Crippen LogP contribution in [-0.4, -0.2) is 29.9 Å². The molecule has 0 aliphatic heterocycles. The monoisotopic (exact) mass is 344 g/mol. The van der Waals surface area contributed by atoms with Crippen LogP contribution in [0.4, 0.5) is 5.82 Å². The van der Waals surface area contributed by atoms with Crippen molar-refractivity contribution in [3.8, 4) is 27.7 Å². The number of nitrogens with zero attached hydrogens (tertiary/aromatic N) is 5. The van der Waals surface area contributed by atoms with Crippen LogP contribution in [0, 0.1) is 0 Å². The molecule has 3 N–H and O–H groups in total.